The summed E-state index contributed by atoms with van der Waals surface area (Å²) in [6, 6.07) is 8.29. The van der Waals surface area contributed by atoms with Gasteiger partial charge in [-0.05, 0) is 50.0 Å². The second-order valence-electron chi connectivity index (χ2n) is 5.05. The van der Waals surface area contributed by atoms with Gasteiger partial charge in [-0.25, -0.2) is 0 Å². The predicted octanol–water partition coefficient (Wildman–Crippen LogP) is 2.15. The molecule has 18 heavy (non-hydrogen) atoms. The van der Waals surface area contributed by atoms with Gasteiger partial charge in [0.05, 0.1) is 7.11 Å². The molecule has 0 aliphatic rings. The molecule has 0 aromatic heterocycles. The molecule has 1 rings (SSSR count). The average molecular weight is 250 g/mol. The Kier molecular flexibility index (Phi) is 6.76. The van der Waals surface area contributed by atoms with Crippen LogP contribution in [0.3, 0.4) is 0 Å². The number of methoxy groups -OCH3 is 1. The molecule has 0 spiro atoms. The standard InChI is InChI=1S/C15H26N2O/c1-13(7-9-16)12-17(2)10-8-14-5-4-6-15(11-14)18-3/h4-6,11,13H,7-10,12,16H2,1-3H3. The Bertz CT molecular complexity index is 341. The van der Waals surface area contributed by atoms with Crippen molar-refractivity contribution in [2.45, 2.75) is 19.8 Å². The minimum Gasteiger partial charge on any atom is -0.497 e. The maximum Gasteiger partial charge on any atom is 0.119 e. The molecule has 0 saturated heterocycles. The molecule has 1 unspecified atom stereocenters. The highest BCUT2D eigenvalue weighted by atomic mass is 16.5. The Balaban J connectivity index is 2.35. The summed E-state index contributed by atoms with van der Waals surface area (Å²) in [5.74, 6) is 1.61. The van der Waals surface area contributed by atoms with Gasteiger partial charge in [0.25, 0.3) is 0 Å². The second kappa shape index (κ2) is 8.11. The Morgan fingerprint density at radius 3 is 2.83 bits per heavy atom. The summed E-state index contributed by atoms with van der Waals surface area (Å²) in [7, 11) is 3.88. The molecule has 102 valence electrons. The van der Waals surface area contributed by atoms with E-state index < -0.39 is 0 Å². The normalized spacial score (nSPS) is 12.7. The summed E-state index contributed by atoms with van der Waals surface area (Å²) in [5, 5.41) is 0. The van der Waals surface area contributed by atoms with Crippen molar-refractivity contribution in [1.82, 2.24) is 4.90 Å². The van der Waals surface area contributed by atoms with Crippen LogP contribution in [0.2, 0.25) is 0 Å². The molecule has 0 fully saturated rings. The fraction of sp³-hybridized carbons (Fsp3) is 0.600. The van der Waals surface area contributed by atoms with Gasteiger partial charge in [0.15, 0.2) is 0 Å². The highest BCUT2D eigenvalue weighted by Gasteiger charge is 2.06. The smallest absolute Gasteiger partial charge is 0.119 e. The third-order valence-corrected chi connectivity index (χ3v) is 3.20. The summed E-state index contributed by atoms with van der Waals surface area (Å²) in [6.07, 6.45) is 2.16. The van der Waals surface area contributed by atoms with E-state index in [1.165, 1.54) is 5.56 Å². The SMILES string of the molecule is COc1cccc(CCN(C)CC(C)CCN)c1. The molecule has 3 nitrogen and oxygen atoms in total. The van der Waals surface area contributed by atoms with Crippen LogP contribution < -0.4 is 10.5 Å². The first-order valence-electron chi connectivity index (χ1n) is 6.67. The lowest BCUT2D eigenvalue weighted by Gasteiger charge is -2.21. The maximum atomic E-state index is 5.57. The van der Waals surface area contributed by atoms with E-state index in [1.54, 1.807) is 7.11 Å². The van der Waals surface area contributed by atoms with Gasteiger partial charge >= 0.3 is 0 Å². The summed E-state index contributed by atoms with van der Waals surface area (Å²) in [5.41, 5.74) is 6.90. The quantitative estimate of drug-likeness (QED) is 0.768. The zero-order chi connectivity index (χ0) is 13.4. The third kappa shape index (κ3) is 5.52. The van der Waals surface area contributed by atoms with E-state index in [2.05, 4.69) is 31.0 Å². The summed E-state index contributed by atoms with van der Waals surface area (Å²) >= 11 is 0. The van der Waals surface area contributed by atoms with Gasteiger partial charge in [-0.1, -0.05) is 19.1 Å². The molecule has 0 aliphatic heterocycles. The Labute approximate surface area is 111 Å². The molecule has 1 aromatic rings. The van der Waals surface area contributed by atoms with E-state index in [-0.39, 0.29) is 0 Å². The number of hydrogen-bond acceptors (Lipinski definition) is 3. The molecule has 2 N–H and O–H groups in total. The molecule has 0 radical (unpaired) electrons. The Morgan fingerprint density at radius 2 is 2.17 bits per heavy atom. The number of nitrogens with two attached hydrogens (primary N) is 1. The maximum absolute atomic E-state index is 5.57. The molecule has 1 atom stereocenters. The number of ether oxygens (including phenoxy) is 1. The van der Waals surface area contributed by atoms with E-state index in [0.29, 0.717) is 5.92 Å². The summed E-state index contributed by atoms with van der Waals surface area (Å²) in [6.45, 7) is 5.23. The number of likely N-dealkylation sites (N-methyl/N-ethyl adjacent to an activating group) is 1. The summed E-state index contributed by atoms with van der Waals surface area (Å²) in [4.78, 5) is 2.37. The van der Waals surface area contributed by atoms with Crippen LogP contribution in [0.25, 0.3) is 0 Å². The molecule has 0 bridgehead atoms. The Hall–Kier alpha value is -1.06. The van der Waals surface area contributed by atoms with Gasteiger partial charge in [0.1, 0.15) is 5.75 Å². The zero-order valence-electron chi connectivity index (χ0n) is 11.9. The first-order chi connectivity index (χ1) is 8.65. The van der Waals surface area contributed by atoms with Gasteiger partial charge in [0, 0.05) is 13.1 Å². The average Bonchev–Trinajstić information content (AvgIpc) is 2.37. The predicted molar refractivity (Wildman–Crippen MR) is 77.0 cm³/mol. The molecular formula is C15H26N2O. The van der Waals surface area contributed by atoms with E-state index >= 15 is 0 Å². The lowest BCUT2D eigenvalue weighted by molar-refractivity contribution is 0.283. The van der Waals surface area contributed by atoms with Crippen molar-refractivity contribution in [1.29, 1.82) is 0 Å². The molecule has 0 amide bonds. The zero-order valence-corrected chi connectivity index (χ0v) is 11.9. The Morgan fingerprint density at radius 1 is 1.39 bits per heavy atom. The first-order valence-corrected chi connectivity index (χ1v) is 6.67. The fourth-order valence-electron chi connectivity index (χ4n) is 2.15. The van der Waals surface area contributed by atoms with Crippen molar-refractivity contribution in [3.8, 4) is 5.75 Å². The molecule has 0 saturated carbocycles. The van der Waals surface area contributed by atoms with Crippen molar-refractivity contribution >= 4 is 0 Å². The van der Waals surface area contributed by atoms with Gasteiger partial charge < -0.3 is 15.4 Å². The highest BCUT2D eigenvalue weighted by Crippen LogP contribution is 2.13. The van der Waals surface area contributed by atoms with Crippen molar-refractivity contribution in [3.05, 3.63) is 29.8 Å². The molecule has 3 heteroatoms. The molecule has 0 aliphatic carbocycles. The van der Waals surface area contributed by atoms with Crippen LogP contribution in [-0.4, -0.2) is 38.7 Å². The lowest BCUT2D eigenvalue weighted by atomic mass is 10.1. The summed E-state index contributed by atoms with van der Waals surface area (Å²) < 4.78 is 5.23. The van der Waals surface area contributed by atoms with Crippen LogP contribution in [0.1, 0.15) is 18.9 Å². The van der Waals surface area contributed by atoms with Crippen LogP contribution in [-0.2, 0) is 6.42 Å². The number of hydrogen-bond donors (Lipinski definition) is 1. The van der Waals surface area contributed by atoms with E-state index in [4.69, 9.17) is 10.5 Å². The van der Waals surface area contributed by atoms with Crippen LogP contribution >= 0.6 is 0 Å². The van der Waals surface area contributed by atoms with Crippen molar-refractivity contribution in [3.63, 3.8) is 0 Å². The third-order valence-electron chi connectivity index (χ3n) is 3.20. The van der Waals surface area contributed by atoms with Crippen LogP contribution in [0.4, 0.5) is 0 Å². The lowest BCUT2D eigenvalue weighted by Crippen LogP contribution is -2.27. The number of rotatable bonds is 8. The van der Waals surface area contributed by atoms with E-state index in [0.717, 1.165) is 38.2 Å². The first kappa shape index (κ1) is 15.0. The number of benzene rings is 1. The molecule has 1 aromatic carbocycles. The van der Waals surface area contributed by atoms with E-state index in [1.807, 2.05) is 12.1 Å². The highest BCUT2D eigenvalue weighted by molar-refractivity contribution is 5.28. The molecular weight excluding hydrogens is 224 g/mol. The van der Waals surface area contributed by atoms with Gasteiger partial charge in [-0.3, -0.25) is 0 Å². The monoisotopic (exact) mass is 250 g/mol. The van der Waals surface area contributed by atoms with Gasteiger partial charge in [-0.15, -0.1) is 0 Å². The number of nitrogens with zero attached hydrogens (tertiary/aromatic N) is 1. The van der Waals surface area contributed by atoms with Crippen molar-refractivity contribution in [2.75, 3.05) is 33.8 Å². The van der Waals surface area contributed by atoms with E-state index in [9.17, 15) is 0 Å². The van der Waals surface area contributed by atoms with Crippen molar-refractivity contribution in [2.24, 2.45) is 11.7 Å². The van der Waals surface area contributed by atoms with Crippen LogP contribution in [0, 0.1) is 5.92 Å². The van der Waals surface area contributed by atoms with Gasteiger partial charge in [-0.2, -0.15) is 0 Å². The minimum atomic E-state index is 0.672. The van der Waals surface area contributed by atoms with Crippen LogP contribution in [0.5, 0.6) is 5.75 Å². The van der Waals surface area contributed by atoms with Gasteiger partial charge in [0.2, 0.25) is 0 Å². The second-order valence-corrected chi connectivity index (χ2v) is 5.05. The minimum absolute atomic E-state index is 0.672. The fourth-order valence-corrected chi connectivity index (χ4v) is 2.15. The van der Waals surface area contributed by atoms with Crippen LogP contribution in [0.15, 0.2) is 24.3 Å². The van der Waals surface area contributed by atoms with Crippen molar-refractivity contribution < 1.29 is 4.74 Å². The molecule has 0 heterocycles. The largest absolute Gasteiger partial charge is 0.497 e. The topological polar surface area (TPSA) is 38.5 Å².